The third kappa shape index (κ3) is 4.00. The predicted octanol–water partition coefficient (Wildman–Crippen LogP) is 2.66. The van der Waals surface area contributed by atoms with Crippen LogP contribution in [0.2, 0.25) is 0 Å². The first-order chi connectivity index (χ1) is 15.0. The van der Waals surface area contributed by atoms with Crippen molar-refractivity contribution >= 4 is 5.91 Å². The number of amides is 1. The number of ether oxygens (including phenoxy) is 1. The van der Waals surface area contributed by atoms with Crippen LogP contribution in [0.5, 0.6) is 0 Å². The van der Waals surface area contributed by atoms with Gasteiger partial charge in [0.25, 0.3) is 11.5 Å². The maximum Gasteiger partial charge on any atom is 0.280 e. The Labute approximate surface area is 179 Å². The van der Waals surface area contributed by atoms with Crippen LogP contribution in [-0.4, -0.2) is 51.9 Å². The molecular formula is C23H23N5O3. The van der Waals surface area contributed by atoms with E-state index < -0.39 is 0 Å². The lowest BCUT2D eigenvalue weighted by molar-refractivity contribution is 0.0350. The molecule has 2 aromatic heterocycles. The lowest BCUT2D eigenvalue weighted by atomic mass is 10.0. The Bertz CT molecular complexity index is 1200. The summed E-state index contributed by atoms with van der Waals surface area (Å²) in [6.07, 6.45) is 4.97. The maximum absolute atomic E-state index is 12.9. The van der Waals surface area contributed by atoms with Crippen molar-refractivity contribution in [2.45, 2.75) is 25.9 Å². The molecule has 0 aliphatic carbocycles. The molecule has 0 bridgehead atoms. The van der Waals surface area contributed by atoms with E-state index in [4.69, 9.17) is 10.00 Å². The number of piperidine rings is 1. The Balaban J connectivity index is 1.55. The fraction of sp³-hybridized carbons (Fsp3) is 0.304. The Hall–Kier alpha value is -3.70. The SMILES string of the molecule is COC1CCN(C(=O)c2ccc(-n3[nH]cc(-c4ccc(C#N)cc4C)c3=O)nc2)CC1. The number of nitriles is 1. The number of carbonyl (C=O) groups is 1. The number of nitrogens with zero attached hydrogens (tertiary/aromatic N) is 4. The summed E-state index contributed by atoms with van der Waals surface area (Å²) in [5.41, 5.74) is 2.87. The number of hydrogen-bond donors (Lipinski definition) is 1. The number of benzene rings is 1. The molecule has 0 saturated carbocycles. The Morgan fingerprint density at radius 1 is 1.23 bits per heavy atom. The first-order valence-corrected chi connectivity index (χ1v) is 10.1. The summed E-state index contributed by atoms with van der Waals surface area (Å²) >= 11 is 0. The van der Waals surface area contributed by atoms with Crippen molar-refractivity contribution in [1.82, 2.24) is 19.7 Å². The molecule has 0 unspecified atom stereocenters. The molecule has 3 heterocycles. The van der Waals surface area contributed by atoms with Gasteiger partial charge in [-0.05, 0) is 55.2 Å². The van der Waals surface area contributed by atoms with Crippen molar-refractivity contribution in [1.29, 1.82) is 5.26 Å². The number of rotatable bonds is 4. The molecule has 0 radical (unpaired) electrons. The van der Waals surface area contributed by atoms with E-state index in [0.717, 1.165) is 24.0 Å². The zero-order valence-electron chi connectivity index (χ0n) is 17.5. The van der Waals surface area contributed by atoms with Crippen molar-refractivity contribution in [3.05, 3.63) is 69.8 Å². The fourth-order valence-corrected chi connectivity index (χ4v) is 3.89. The van der Waals surface area contributed by atoms with E-state index in [1.54, 1.807) is 48.5 Å². The summed E-state index contributed by atoms with van der Waals surface area (Å²) in [7, 11) is 1.70. The molecule has 31 heavy (non-hydrogen) atoms. The minimum absolute atomic E-state index is 0.0682. The van der Waals surface area contributed by atoms with Crippen molar-refractivity contribution in [3.8, 4) is 23.0 Å². The molecular weight excluding hydrogens is 394 g/mol. The fourth-order valence-electron chi connectivity index (χ4n) is 3.89. The summed E-state index contributed by atoms with van der Waals surface area (Å²) in [6, 6.07) is 10.6. The van der Waals surface area contributed by atoms with E-state index in [1.807, 2.05) is 6.92 Å². The highest BCUT2D eigenvalue weighted by atomic mass is 16.5. The lowest BCUT2D eigenvalue weighted by Crippen LogP contribution is -2.40. The molecule has 3 aromatic rings. The molecule has 1 amide bonds. The largest absolute Gasteiger partial charge is 0.381 e. The summed E-state index contributed by atoms with van der Waals surface area (Å²) in [5.74, 6) is 0.332. The van der Waals surface area contributed by atoms with Gasteiger partial charge in [-0.2, -0.15) is 5.26 Å². The van der Waals surface area contributed by atoms with Gasteiger partial charge in [-0.1, -0.05) is 6.07 Å². The average Bonchev–Trinajstić information content (AvgIpc) is 3.19. The van der Waals surface area contributed by atoms with Crippen molar-refractivity contribution in [2.75, 3.05) is 20.2 Å². The summed E-state index contributed by atoms with van der Waals surface area (Å²) in [5, 5.41) is 12.0. The first-order valence-electron chi connectivity index (χ1n) is 10.1. The third-order valence-corrected chi connectivity index (χ3v) is 5.70. The van der Waals surface area contributed by atoms with E-state index >= 15 is 0 Å². The number of methoxy groups -OCH3 is 1. The van der Waals surface area contributed by atoms with Crippen LogP contribution < -0.4 is 5.56 Å². The second-order valence-electron chi connectivity index (χ2n) is 7.60. The average molecular weight is 417 g/mol. The summed E-state index contributed by atoms with van der Waals surface area (Å²) in [4.78, 5) is 31.8. The number of aryl methyl sites for hydroxylation is 1. The smallest absolute Gasteiger partial charge is 0.280 e. The number of aromatic nitrogens is 3. The highest BCUT2D eigenvalue weighted by Crippen LogP contribution is 2.22. The van der Waals surface area contributed by atoms with E-state index in [0.29, 0.717) is 35.6 Å². The maximum atomic E-state index is 12.9. The molecule has 1 aromatic carbocycles. The van der Waals surface area contributed by atoms with Crippen LogP contribution in [0.4, 0.5) is 0 Å². The van der Waals surface area contributed by atoms with E-state index in [1.165, 1.54) is 10.9 Å². The van der Waals surface area contributed by atoms with Gasteiger partial charge in [0.2, 0.25) is 0 Å². The van der Waals surface area contributed by atoms with Crippen LogP contribution >= 0.6 is 0 Å². The number of nitrogens with one attached hydrogen (secondary N) is 1. The molecule has 1 fully saturated rings. The van der Waals surface area contributed by atoms with Crippen molar-refractivity contribution in [3.63, 3.8) is 0 Å². The van der Waals surface area contributed by atoms with E-state index in [2.05, 4.69) is 16.2 Å². The molecule has 1 N–H and O–H groups in total. The number of hydrogen-bond acceptors (Lipinski definition) is 5. The first kappa shape index (κ1) is 20.6. The van der Waals surface area contributed by atoms with Crippen molar-refractivity contribution < 1.29 is 9.53 Å². The van der Waals surface area contributed by atoms with Crippen LogP contribution in [0.1, 0.15) is 34.3 Å². The van der Waals surface area contributed by atoms with Gasteiger partial charge in [-0.25, -0.2) is 9.67 Å². The molecule has 0 spiro atoms. The van der Waals surface area contributed by atoms with Crippen molar-refractivity contribution in [2.24, 2.45) is 0 Å². The lowest BCUT2D eigenvalue weighted by Gasteiger charge is -2.31. The second kappa shape index (κ2) is 8.58. The van der Waals surface area contributed by atoms with Gasteiger partial charge >= 0.3 is 0 Å². The molecule has 0 atom stereocenters. The standard InChI is InChI=1S/C23H23N5O3/c1-15-11-16(12-24)3-5-19(15)20-14-26-28(23(20)30)21-6-4-17(13-25-21)22(29)27-9-7-18(31-2)8-10-27/h3-6,11,13-14,18,26H,7-10H2,1-2H3. The van der Waals surface area contributed by atoms with Gasteiger partial charge in [0.05, 0.1) is 28.9 Å². The molecule has 1 aliphatic rings. The number of pyridine rings is 1. The molecule has 4 rings (SSSR count). The second-order valence-corrected chi connectivity index (χ2v) is 7.60. The monoisotopic (exact) mass is 417 g/mol. The minimum Gasteiger partial charge on any atom is -0.381 e. The zero-order valence-corrected chi connectivity index (χ0v) is 17.5. The molecule has 158 valence electrons. The highest BCUT2D eigenvalue weighted by Gasteiger charge is 2.23. The van der Waals surface area contributed by atoms with Crippen LogP contribution in [0.3, 0.4) is 0 Å². The summed E-state index contributed by atoms with van der Waals surface area (Å²) < 4.78 is 6.69. The van der Waals surface area contributed by atoms with Crippen LogP contribution in [-0.2, 0) is 4.74 Å². The normalized spacial score (nSPS) is 14.4. The summed E-state index contributed by atoms with van der Waals surface area (Å²) in [6.45, 7) is 3.17. The van der Waals surface area contributed by atoms with Gasteiger partial charge < -0.3 is 9.64 Å². The Morgan fingerprint density at radius 2 is 2.00 bits per heavy atom. The van der Waals surface area contributed by atoms with Gasteiger partial charge in [0.15, 0.2) is 5.82 Å². The zero-order chi connectivity index (χ0) is 22.0. The van der Waals surface area contributed by atoms with Gasteiger partial charge in [-0.3, -0.25) is 14.7 Å². The number of carbonyl (C=O) groups excluding carboxylic acids is 1. The third-order valence-electron chi connectivity index (χ3n) is 5.70. The van der Waals surface area contributed by atoms with Gasteiger partial charge in [0, 0.05) is 32.6 Å². The Kier molecular flexibility index (Phi) is 5.69. The molecule has 8 heteroatoms. The minimum atomic E-state index is -0.249. The predicted molar refractivity (Wildman–Crippen MR) is 115 cm³/mol. The van der Waals surface area contributed by atoms with Crippen LogP contribution in [0.25, 0.3) is 16.9 Å². The number of aromatic amines is 1. The highest BCUT2D eigenvalue weighted by molar-refractivity contribution is 5.94. The van der Waals surface area contributed by atoms with Crippen LogP contribution in [0.15, 0.2) is 47.5 Å². The molecule has 1 aliphatic heterocycles. The quantitative estimate of drug-likeness (QED) is 0.703. The molecule has 8 nitrogen and oxygen atoms in total. The van der Waals surface area contributed by atoms with E-state index in [-0.39, 0.29) is 17.6 Å². The molecule has 1 saturated heterocycles. The Morgan fingerprint density at radius 3 is 2.61 bits per heavy atom. The van der Waals surface area contributed by atoms with Crippen LogP contribution in [0, 0.1) is 18.3 Å². The van der Waals surface area contributed by atoms with Gasteiger partial charge in [0.1, 0.15) is 0 Å². The number of likely N-dealkylation sites (tertiary alicyclic amines) is 1. The van der Waals surface area contributed by atoms with E-state index in [9.17, 15) is 9.59 Å². The van der Waals surface area contributed by atoms with Gasteiger partial charge in [-0.15, -0.1) is 0 Å². The topological polar surface area (TPSA) is 104 Å². The number of H-pyrrole nitrogens is 1.